The second-order valence-corrected chi connectivity index (χ2v) is 10.8. The lowest BCUT2D eigenvalue weighted by Gasteiger charge is -2.41. The van der Waals surface area contributed by atoms with Gasteiger partial charge in [0, 0.05) is 43.1 Å². The molecule has 0 aliphatic carbocycles. The molecule has 1 saturated heterocycles. The molecule has 0 unspecified atom stereocenters. The minimum Gasteiger partial charge on any atom is -0.366 e. The summed E-state index contributed by atoms with van der Waals surface area (Å²) in [5, 5.41) is 6.89. The molecule has 2 aliphatic rings. The molecule has 196 valence electrons. The summed E-state index contributed by atoms with van der Waals surface area (Å²) in [6, 6.07) is 17.9. The Morgan fingerprint density at radius 3 is 2.63 bits per heavy atom. The van der Waals surface area contributed by atoms with Crippen LogP contribution in [0.1, 0.15) is 56.1 Å². The van der Waals surface area contributed by atoms with E-state index in [-0.39, 0.29) is 35.8 Å². The van der Waals surface area contributed by atoms with Crippen molar-refractivity contribution in [1.29, 1.82) is 0 Å². The molecular formula is C30H32FN5OS. The molecule has 2 N–H and O–H groups in total. The van der Waals surface area contributed by atoms with Crippen LogP contribution in [0.2, 0.25) is 0 Å². The fraction of sp³-hybridized carbons (Fsp3) is 0.300. The van der Waals surface area contributed by atoms with Gasteiger partial charge in [0.25, 0.3) is 0 Å². The van der Waals surface area contributed by atoms with Crippen LogP contribution in [-0.4, -0.2) is 40.0 Å². The molecule has 2 aromatic carbocycles. The van der Waals surface area contributed by atoms with Gasteiger partial charge < -0.3 is 20.4 Å². The van der Waals surface area contributed by atoms with E-state index in [4.69, 9.17) is 12.2 Å². The lowest BCUT2D eigenvalue weighted by molar-refractivity contribution is -0.116. The highest BCUT2D eigenvalue weighted by molar-refractivity contribution is 7.80. The number of carbonyl (C=O) groups is 1. The number of allylic oxidation sites excluding steroid dienone is 1. The predicted molar refractivity (Wildman–Crippen MR) is 154 cm³/mol. The lowest BCUT2D eigenvalue weighted by atomic mass is 9.86. The number of thiocarbonyl (C=S) groups is 1. The Morgan fingerprint density at radius 1 is 1.16 bits per heavy atom. The maximum Gasteiger partial charge on any atom is 0.226 e. The normalized spacial score (nSPS) is 20.0. The quantitative estimate of drug-likeness (QED) is 0.391. The number of nitrogens with zero attached hydrogens (tertiary/aromatic N) is 3. The van der Waals surface area contributed by atoms with Gasteiger partial charge in [0.1, 0.15) is 5.82 Å². The van der Waals surface area contributed by atoms with Crippen molar-refractivity contribution in [3.8, 4) is 0 Å². The van der Waals surface area contributed by atoms with Crippen molar-refractivity contribution in [2.24, 2.45) is 0 Å². The SMILES string of the molecule is CC1=CC(C)(C)N(C)c2ccc([C@H]3[C@@H](c4ccccn4)NC(=S)N3CCC(=O)Nc3ccc(F)cc3)cc21. The van der Waals surface area contributed by atoms with Crippen molar-refractivity contribution in [1.82, 2.24) is 15.2 Å². The average molecular weight is 530 g/mol. The Kier molecular flexibility index (Phi) is 6.92. The topological polar surface area (TPSA) is 60.5 Å². The highest BCUT2D eigenvalue weighted by Gasteiger charge is 2.40. The number of aromatic nitrogens is 1. The van der Waals surface area contributed by atoms with Crippen LogP contribution in [0.3, 0.4) is 0 Å². The summed E-state index contributed by atoms with van der Waals surface area (Å²) >= 11 is 5.78. The predicted octanol–water partition coefficient (Wildman–Crippen LogP) is 5.85. The highest BCUT2D eigenvalue weighted by atomic mass is 32.1. The van der Waals surface area contributed by atoms with E-state index in [0.717, 1.165) is 11.3 Å². The van der Waals surface area contributed by atoms with Gasteiger partial charge >= 0.3 is 0 Å². The Hall–Kier alpha value is -3.78. The van der Waals surface area contributed by atoms with E-state index in [1.807, 2.05) is 18.2 Å². The van der Waals surface area contributed by atoms with Crippen LogP contribution in [0.5, 0.6) is 0 Å². The van der Waals surface area contributed by atoms with E-state index in [2.05, 4.69) is 77.5 Å². The number of likely N-dealkylation sites (N-methyl/N-ethyl adjacent to an activating group) is 1. The van der Waals surface area contributed by atoms with Crippen molar-refractivity contribution in [3.63, 3.8) is 0 Å². The monoisotopic (exact) mass is 529 g/mol. The van der Waals surface area contributed by atoms with Gasteiger partial charge in [-0.15, -0.1) is 0 Å². The van der Waals surface area contributed by atoms with Crippen LogP contribution in [-0.2, 0) is 4.79 Å². The van der Waals surface area contributed by atoms with E-state index in [0.29, 0.717) is 17.3 Å². The number of fused-ring (bicyclic) bond motifs is 1. The van der Waals surface area contributed by atoms with Crippen molar-refractivity contribution >= 4 is 40.2 Å². The van der Waals surface area contributed by atoms with Crippen LogP contribution in [0.4, 0.5) is 15.8 Å². The van der Waals surface area contributed by atoms with E-state index >= 15 is 0 Å². The van der Waals surface area contributed by atoms with Crippen molar-refractivity contribution in [2.75, 3.05) is 23.8 Å². The molecule has 0 spiro atoms. The largest absolute Gasteiger partial charge is 0.366 e. The zero-order chi connectivity index (χ0) is 27.0. The van der Waals surface area contributed by atoms with Crippen molar-refractivity contribution < 1.29 is 9.18 Å². The third-order valence-electron chi connectivity index (χ3n) is 7.49. The molecule has 1 fully saturated rings. The maximum atomic E-state index is 13.2. The Bertz CT molecular complexity index is 1390. The number of pyridine rings is 1. The molecular weight excluding hydrogens is 497 g/mol. The first-order valence-electron chi connectivity index (χ1n) is 12.7. The summed E-state index contributed by atoms with van der Waals surface area (Å²) in [4.78, 5) is 21.8. The first-order chi connectivity index (χ1) is 18.1. The van der Waals surface area contributed by atoms with Gasteiger partial charge in [-0.05, 0) is 92.7 Å². The number of amides is 1. The summed E-state index contributed by atoms with van der Waals surface area (Å²) in [5.41, 5.74) is 6.09. The van der Waals surface area contributed by atoms with Gasteiger partial charge in [0.2, 0.25) is 5.91 Å². The van der Waals surface area contributed by atoms with Gasteiger partial charge in [-0.1, -0.05) is 18.2 Å². The molecule has 3 aromatic rings. The second-order valence-electron chi connectivity index (χ2n) is 10.4. The number of hydrogen-bond donors (Lipinski definition) is 2. The lowest BCUT2D eigenvalue weighted by Crippen LogP contribution is -2.42. The summed E-state index contributed by atoms with van der Waals surface area (Å²) in [5.74, 6) is -0.502. The fourth-order valence-corrected chi connectivity index (χ4v) is 5.68. The smallest absolute Gasteiger partial charge is 0.226 e. The van der Waals surface area contributed by atoms with Gasteiger partial charge in [-0.2, -0.15) is 0 Å². The third kappa shape index (κ3) is 5.00. The number of anilines is 2. The zero-order valence-electron chi connectivity index (χ0n) is 22.0. The van der Waals surface area contributed by atoms with E-state index < -0.39 is 0 Å². The summed E-state index contributed by atoms with van der Waals surface area (Å²) in [7, 11) is 2.12. The fourth-order valence-electron chi connectivity index (χ4n) is 5.35. The molecule has 1 aromatic heterocycles. The molecule has 0 radical (unpaired) electrons. The molecule has 6 nitrogen and oxygen atoms in total. The summed E-state index contributed by atoms with van der Waals surface area (Å²) in [6.45, 7) is 7.00. The molecule has 8 heteroatoms. The summed E-state index contributed by atoms with van der Waals surface area (Å²) < 4.78 is 13.2. The third-order valence-corrected chi connectivity index (χ3v) is 7.84. The number of halogens is 1. The van der Waals surface area contributed by atoms with Crippen molar-refractivity contribution in [3.05, 3.63) is 95.6 Å². The van der Waals surface area contributed by atoms with E-state index in [1.165, 1.54) is 29.0 Å². The van der Waals surface area contributed by atoms with Gasteiger partial charge in [0.15, 0.2) is 5.11 Å². The molecule has 0 saturated carbocycles. The first kappa shape index (κ1) is 25.9. The summed E-state index contributed by atoms with van der Waals surface area (Å²) in [6.07, 6.45) is 4.31. The second kappa shape index (κ2) is 10.2. The van der Waals surface area contributed by atoms with Gasteiger partial charge in [-0.25, -0.2) is 4.39 Å². The minimum absolute atomic E-state index is 0.0739. The molecule has 3 heterocycles. The van der Waals surface area contributed by atoms with Crippen LogP contribution < -0.4 is 15.5 Å². The molecule has 0 bridgehead atoms. The molecule has 5 rings (SSSR count). The minimum atomic E-state index is -0.343. The Balaban J connectivity index is 1.45. The maximum absolute atomic E-state index is 13.2. The number of nitrogens with one attached hydrogen (secondary N) is 2. The Labute approximate surface area is 228 Å². The standard InChI is InChI=1S/C30H32FN5OS/c1-19-18-30(2,3)35(4)25-13-8-20(17-23(19)25)28-27(24-7-5-6-15-32-24)34-29(38)36(28)16-14-26(37)33-22-11-9-21(31)10-12-22/h5-13,15,17-18,27-28H,14,16H2,1-4H3,(H,33,37)(H,34,38)/t27-,28+/m1/s1. The van der Waals surface area contributed by atoms with Gasteiger partial charge in [0.05, 0.1) is 23.3 Å². The molecule has 2 atom stereocenters. The van der Waals surface area contributed by atoms with Crippen LogP contribution in [0.25, 0.3) is 5.57 Å². The van der Waals surface area contributed by atoms with Gasteiger partial charge in [-0.3, -0.25) is 9.78 Å². The van der Waals surface area contributed by atoms with E-state index in [1.54, 1.807) is 18.3 Å². The van der Waals surface area contributed by atoms with Crippen LogP contribution >= 0.6 is 12.2 Å². The zero-order valence-corrected chi connectivity index (χ0v) is 22.8. The molecule has 2 aliphatic heterocycles. The molecule has 38 heavy (non-hydrogen) atoms. The number of carbonyl (C=O) groups excluding carboxylic acids is 1. The average Bonchev–Trinajstić information content (AvgIpc) is 3.23. The number of benzene rings is 2. The number of hydrogen-bond acceptors (Lipinski definition) is 4. The number of rotatable bonds is 6. The van der Waals surface area contributed by atoms with Crippen LogP contribution in [0, 0.1) is 5.82 Å². The van der Waals surface area contributed by atoms with Crippen LogP contribution in [0.15, 0.2) is 72.9 Å². The first-order valence-corrected chi connectivity index (χ1v) is 13.2. The van der Waals surface area contributed by atoms with Crippen molar-refractivity contribution in [2.45, 2.75) is 44.8 Å². The molecule has 1 amide bonds. The van der Waals surface area contributed by atoms with E-state index in [9.17, 15) is 9.18 Å². The Morgan fingerprint density at radius 2 is 1.92 bits per heavy atom. The highest BCUT2D eigenvalue weighted by Crippen LogP contribution is 2.43.